The molecule has 136 valence electrons. The van der Waals surface area contributed by atoms with Crippen molar-refractivity contribution < 1.29 is 14.6 Å². The van der Waals surface area contributed by atoms with Gasteiger partial charge >= 0.3 is 0 Å². The molecule has 2 aromatic heterocycles. The molecule has 1 atom stereocenters. The Morgan fingerprint density at radius 3 is 2.92 bits per heavy atom. The first-order valence-corrected chi connectivity index (χ1v) is 8.57. The number of aliphatic hydroxyl groups is 1. The summed E-state index contributed by atoms with van der Waals surface area (Å²) in [5.74, 6) is 0.346. The zero-order chi connectivity index (χ0) is 18.5. The van der Waals surface area contributed by atoms with Gasteiger partial charge in [-0.2, -0.15) is 0 Å². The maximum Gasteiger partial charge on any atom is 0.226 e. The highest BCUT2D eigenvalue weighted by atomic mass is 16.5. The number of rotatable bonds is 6. The fourth-order valence-electron chi connectivity index (χ4n) is 3.09. The standard InChI is InChI=1S/C19H22N4O3/c1-3-14(15-6-4-5-7-20-15)23-17(25)9-13-8-12-10-21-19(26-2)18(12)16(11-24)22-13/h4-8,14,24H,3,9-11H2,1-2H3,(H,23,25). The van der Waals surface area contributed by atoms with E-state index in [1.807, 2.05) is 31.2 Å². The first-order valence-electron chi connectivity index (χ1n) is 8.57. The van der Waals surface area contributed by atoms with Crippen LogP contribution in [0.2, 0.25) is 0 Å². The molecule has 2 aromatic rings. The monoisotopic (exact) mass is 354 g/mol. The van der Waals surface area contributed by atoms with Gasteiger partial charge in [-0.1, -0.05) is 13.0 Å². The molecule has 0 radical (unpaired) electrons. The van der Waals surface area contributed by atoms with Gasteiger partial charge < -0.3 is 15.2 Å². The summed E-state index contributed by atoms with van der Waals surface area (Å²) in [4.78, 5) is 25.5. The first kappa shape index (κ1) is 18.0. The smallest absolute Gasteiger partial charge is 0.226 e. The number of aliphatic hydroxyl groups excluding tert-OH is 1. The molecule has 0 fully saturated rings. The number of carbonyl (C=O) groups is 1. The molecule has 3 heterocycles. The predicted molar refractivity (Wildman–Crippen MR) is 96.5 cm³/mol. The number of nitrogens with one attached hydrogen (secondary N) is 1. The van der Waals surface area contributed by atoms with Gasteiger partial charge in [-0.05, 0) is 30.2 Å². The van der Waals surface area contributed by atoms with E-state index in [1.54, 1.807) is 13.3 Å². The molecule has 1 aliphatic heterocycles. The molecule has 7 nitrogen and oxygen atoms in total. The summed E-state index contributed by atoms with van der Waals surface area (Å²) in [7, 11) is 1.54. The van der Waals surface area contributed by atoms with E-state index < -0.39 is 0 Å². The molecule has 0 aromatic carbocycles. The number of ether oxygens (including phenoxy) is 1. The molecule has 0 bridgehead atoms. The van der Waals surface area contributed by atoms with Crippen molar-refractivity contribution in [1.29, 1.82) is 0 Å². The van der Waals surface area contributed by atoms with Crippen LogP contribution in [0.3, 0.4) is 0 Å². The highest BCUT2D eigenvalue weighted by Gasteiger charge is 2.23. The lowest BCUT2D eigenvalue weighted by Crippen LogP contribution is -2.30. The molecule has 1 aliphatic rings. The molecule has 0 saturated carbocycles. The fourth-order valence-corrected chi connectivity index (χ4v) is 3.09. The van der Waals surface area contributed by atoms with Crippen LogP contribution >= 0.6 is 0 Å². The summed E-state index contributed by atoms with van der Waals surface area (Å²) in [6.07, 6.45) is 2.59. The Hall–Kier alpha value is -2.80. The van der Waals surface area contributed by atoms with Crippen LogP contribution in [0, 0.1) is 0 Å². The Labute approximate surface area is 152 Å². The van der Waals surface area contributed by atoms with Crippen LogP contribution in [0.25, 0.3) is 0 Å². The van der Waals surface area contributed by atoms with Crippen LogP contribution in [0.15, 0.2) is 35.5 Å². The molecule has 1 amide bonds. The van der Waals surface area contributed by atoms with Crippen LogP contribution < -0.4 is 5.32 Å². The maximum atomic E-state index is 12.5. The third-order valence-corrected chi connectivity index (χ3v) is 4.31. The fraction of sp³-hybridized carbons (Fsp3) is 0.368. The van der Waals surface area contributed by atoms with E-state index >= 15 is 0 Å². The number of methoxy groups -OCH3 is 1. The van der Waals surface area contributed by atoms with E-state index in [-0.39, 0.29) is 25.0 Å². The number of carbonyl (C=O) groups excluding carboxylic acids is 1. The Kier molecular flexibility index (Phi) is 5.58. The number of aromatic nitrogens is 2. The topological polar surface area (TPSA) is 96.7 Å². The number of hydrogen-bond donors (Lipinski definition) is 2. The minimum Gasteiger partial charge on any atom is -0.481 e. The number of aliphatic imine (C=N–C) groups is 1. The van der Waals surface area contributed by atoms with Gasteiger partial charge in [-0.3, -0.25) is 14.8 Å². The first-order chi connectivity index (χ1) is 12.7. The van der Waals surface area contributed by atoms with Gasteiger partial charge in [0.2, 0.25) is 11.8 Å². The largest absolute Gasteiger partial charge is 0.481 e. The minimum atomic E-state index is -0.230. The maximum absolute atomic E-state index is 12.5. The van der Waals surface area contributed by atoms with Gasteiger partial charge in [0.1, 0.15) is 0 Å². The van der Waals surface area contributed by atoms with Crippen molar-refractivity contribution in [3.05, 3.63) is 58.7 Å². The van der Waals surface area contributed by atoms with Crippen molar-refractivity contribution in [2.75, 3.05) is 7.11 Å². The zero-order valence-electron chi connectivity index (χ0n) is 14.9. The van der Waals surface area contributed by atoms with Crippen molar-refractivity contribution in [2.24, 2.45) is 4.99 Å². The second kappa shape index (κ2) is 8.05. The van der Waals surface area contributed by atoms with E-state index in [1.165, 1.54) is 0 Å². The number of fused-ring (bicyclic) bond motifs is 1. The summed E-state index contributed by atoms with van der Waals surface area (Å²) in [5, 5.41) is 12.6. The number of amides is 1. The zero-order valence-corrected chi connectivity index (χ0v) is 14.9. The van der Waals surface area contributed by atoms with Gasteiger partial charge in [0.25, 0.3) is 0 Å². The lowest BCUT2D eigenvalue weighted by molar-refractivity contribution is -0.121. The molecule has 1 unspecified atom stereocenters. The van der Waals surface area contributed by atoms with E-state index in [0.717, 1.165) is 23.2 Å². The van der Waals surface area contributed by atoms with Crippen LogP contribution in [-0.2, 0) is 29.1 Å². The second-order valence-corrected chi connectivity index (χ2v) is 6.04. The van der Waals surface area contributed by atoms with Crippen molar-refractivity contribution in [2.45, 2.75) is 39.0 Å². The van der Waals surface area contributed by atoms with Crippen LogP contribution in [0.1, 0.15) is 47.6 Å². The van der Waals surface area contributed by atoms with Gasteiger partial charge in [-0.25, -0.2) is 4.99 Å². The van der Waals surface area contributed by atoms with Gasteiger partial charge in [0.15, 0.2) is 0 Å². The number of nitrogens with zero attached hydrogens (tertiary/aromatic N) is 3. The van der Waals surface area contributed by atoms with Crippen molar-refractivity contribution in [3.63, 3.8) is 0 Å². The van der Waals surface area contributed by atoms with E-state index in [2.05, 4.69) is 20.3 Å². The number of hydrogen-bond acceptors (Lipinski definition) is 6. The van der Waals surface area contributed by atoms with E-state index in [4.69, 9.17) is 4.74 Å². The normalized spacial score (nSPS) is 13.7. The predicted octanol–water partition coefficient (Wildman–Crippen LogP) is 1.69. The molecule has 0 aliphatic carbocycles. The molecule has 26 heavy (non-hydrogen) atoms. The second-order valence-electron chi connectivity index (χ2n) is 6.04. The van der Waals surface area contributed by atoms with Crippen LogP contribution in [0.4, 0.5) is 0 Å². The third kappa shape index (κ3) is 3.72. The van der Waals surface area contributed by atoms with Gasteiger partial charge in [-0.15, -0.1) is 0 Å². The van der Waals surface area contributed by atoms with E-state index in [9.17, 15) is 9.90 Å². The minimum absolute atomic E-state index is 0.131. The summed E-state index contributed by atoms with van der Waals surface area (Å²) < 4.78 is 5.23. The van der Waals surface area contributed by atoms with Crippen molar-refractivity contribution in [3.8, 4) is 0 Å². The highest BCUT2D eigenvalue weighted by molar-refractivity contribution is 5.98. The Morgan fingerprint density at radius 2 is 2.27 bits per heavy atom. The average molecular weight is 354 g/mol. The molecular weight excluding hydrogens is 332 g/mol. The van der Waals surface area contributed by atoms with Gasteiger partial charge in [0, 0.05) is 6.20 Å². The van der Waals surface area contributed by atoms with E-state index in [0.29, 0.717) is 23.8 Å². The lowest BCUT2D eigenvalue weighted by atomic mass is 10.1. The molecule has 0 spiro atoms. The molecule has 0 saturated heterocycles. The lowest BCUT2D eigenvalue weighted by Gasteiger charge is -2.16. The molecule has 3 rings (SSSR count). The Balaban J connectivity index is 1.74. The summed E-state index contributed by atoms with van der Waals surface area (Å²) in [5.41, 5.74) is 3.58. The SMILES string of the molecule is CCC(NC(=O)Cc1cc2c(c(CO)n1)C(OC)=NC2)c1ccccn1. The van der Waals surface area contributed by atoms with Crippen LogP contribution in [0.5, 0.6) is 0 Å². The summed E-state index contributed by atoms with van der Waals surface area (Å²) in [6.45, 7) is 2.24. The quantitative estimate of drug-likeness (QED) is 0.823. The summed E-state index contributed by atoms with van der Waals surface area (Å²) in [6, 6.07) is 7.36. The third-order valence-electron chi connectivity index (χ3n) is 4.31. The van der Waals surface area contributed by atoms with Gasteiger partial charge in [0.05, 0.1) is 55.4 Å². The van der Waals surface area contributed by atoms with Crippen molar-refractivity contribution in [1.82, 2.24) is 15.3 Å². The van der Waals surface area contributed by atoms with Crippen LogP contribution in [-0.4, -0.2) is 34.0 Å². The van der Waals surface area contributed by atoms with Crippen molar-refractivity contribution >= 4 is 11.8 Å². The Bertz CT molecular complexity index is 821. The molecular formula is C19H22N4O3. The molecule has 2 N–H and O–H groups in total. The average Bonchev–Trinajstić information content (AvgIpc) is 3.09. The Morgan fingerprint density at radius 1 is 1.42 bits per heavy atom. The molecule has 7 heteroatoms. The highest BCUT2D eigenvalue weighted by Crippen LogP contribution is 2.24. The number of pyridine rings is 2. The summed E-state index contributed by atoms with van der Waals surface area (Å²) >= 11 is 0.